The fourth-order valence-corrected chi connectivity index (χ4v) is 5.66. The molecule has 0 spiro atoms. The van der Waals surface area contributed by atoms with E-state index in [2.05, 4.69) is 47.2 Å². The van der Waals surface area contributed by atoms with Crippen molar-refractivity contribution < 1.29 is 0 Å². The fraction of sp³-hybridized carbons (Fsp3) is 0. The monoisotopic (exact) mass is 280 g/mol. The van der Waals surface area contributed by atoms with Crippen LogP contribution < -0.4 is 0 Å². The third-order valence-electron chi connectivity index (χ3n) is 2.14. The topological polar surface area (TPSA) is 0 Å². The van der Waals surface area contributed by atoms with E-state index in [1.165, 1.54) is 19.6 Å². The molecule has 0 aliphatic carbocycles. The van der Waals surface area contributed by atoms with Gasteiger partial charge in [-0.15, -0.1) is 22.7 Å². The van der Waals surface area contributed by atoms with E-state index in [4.69, 9.17) is 0 Å². The SMILES string of the molecule is C1=C(c2cccs2)SSC(c2cccs2)=C1. The van der Waals surface area contributed by atoms with Gasteiger partial charge in [0, 0.05) is 19.6 Å². The van der Waals surface area contributed by atoms with Crippen molar-refractivity contribution in [2.45, 2.75) is 0 Å². The van der Waals surface area contributed by atoms with Crippen molar-refractivity contribution in [2.75, 3.05) is 0 Å². The Morgan fingerprint density at radius 3 is 1.50 bits per heavy atom. The molecule has 4 heteroatoms. The Balaban J connectivity index is 1.88. The average molecular weight is 280 g/mol. The molecule has 3 rings (SSSR count). The molecule has 1 aliphatic rings. The number of thiophene rings is 2. The molecule has 2 aromatic heterocycles. The lowest BCUT2D eigenvalue weighted by Crippen LogP contribution is -1.78. The van der Waals surface area contributed by atoms with E-state index in [0.29, 0.717) is 0 Å². The average Bonchev–Trinajstić information content (AvgIpc) is 3.03. The highest BCUT2D eigenvalue weighted by Crippen LogP contribution is 2.49. The molecule has 0 amide bonds. The summed E-state index contributed by atoms with van der Waals surface area (Å²) in [6, 6.07) is 8.55. The largest absolute Gasteiger partial charge is 0.143 e. The number of allylic oxidation sites excluding steroid dienone is 2. The van der Waals surface area contributed by atoms with Crippen molar-refractivity contribution in [1.82, 2.24) is 0 Å². The Bertz CT molecular complexity index is 467. The fourth-order valence-electron chi connectivity index (χ4n) is 1.38. The van der Waals surface area contributed by atoms with Crippen molar-refractivity contribution in [1.29, 1.82) is 0 Å². The van der Waals surface area contributed by atoms with Crippen LogP contribution in [0.15, 0.2) is 47.2 Å². The van der Waals surface area contributed by atoms with Gasteiger partial charge in [-0.2, -0.15) is 0 Å². The number of rotatable bonds is 2. The van der Waals surface area contributed by atoms with E-state index in [-0.39, 0.29) is 0 Å². The maximum absolute atomic E-state index is 2.22. The predicted octanol–water partition coefficient (Wildman–Crippen LogP) is 5.59. The van der Waals surface area contributed by atoms with E-state index in [1.54, 1.807) is 22.7 Å². The van der Waals surface area contributed by atoms with Gasteiger partial charge in [-0.25, -0.2) is 0 Å². The summed E-state index contributed by atoms with van der Waals surface area (Å²) in [5.41, 5.74) is 0. The van der Waals surface area contributed by atoms with Crippen molar-refractivity contribution >= 4 is 54.1 Å². The maximum Gasteiger partial charge on any atom is 0.0414 e. The van der Waals surface area contributed by atoms with Gasteiger partial charge < -0.3 is 0 Å². The molecule has 0 radical (unpaired) electrons. The standard InChI is InChI=1S/C12H8S4/c1-3-9(13-7-1)11-5-6-12(16-15-11)10-4-2-8-14-10/h1-8H. The van der Waals surface area contributed by atoms with Gasteiger partial charge in [0.15, 0.2) is 0 Å². The van der Waals surface area contributed by atoms with Crippen LogP contribution in [-0.4, -0.2) is 0 Å². The molecule has 0 saturated carbocycles. The van der Waals surface area contributed by atoms with Crippen molar-refractivity contribution in [3.8, 4) is 0 Å². The normalized spacial score (nSPS) is 15.8. The minimum absolute atomic E-state index is 1.36. The van der Waals surface area contributed by atoms with Crippen LogP contribution in [0.2, 0.25) is 0 Å². The zero-order valence-electron chi connectivity index (χ0n) is 8.25. The summed E-state index contributed by atoms with van der Waals surface area (Å²) in [4.78, 5) is 5.44. The van der Waals surface area contributed by atoms with Gasteiger partial charge in [-0.05, 0) is 35.0 Å². The zero-order valence-corrected chi connectivity index (χ0v) is 11.5. The summed E-state index contributed by atoms with van der Waals surface area (Å²) in [6.45, 7) is 0. The maximum atomic E-state index is 2.22. The second-order valence-corrected chi connectivity index (χ2v) is 7.29. The first kappa shape index (κ1) is 10.7. The van der Waals surface area contributed by atoms with E-state index >= 15 is 0 Å². The Hall–Kier alpha value is -0.420. The highest BCUT2D eigenvalue weighted by molar-refractivity contribution is 8.83. The summed E-state index contributed by atoms with van der Waals surface area (Å²) in [6.07, 6.45) is 4.45. The Kier molecular flexibility index (Phi) is 3.24. The first-order valence-corrected chi connectivity index (χ1v) is 8.69. The zero-order chi connectivity index (χ0) is 10.8. The van der Waals surface area contributed by atoms with Crippen molar-refractivity contribution in [2.24, 2.45) is 0 Å². The molecule has 0 nitrogen and oxygen atoms in total. The third-order valence-corrected chi connectivity index (χ3v) is 6.68. The lowest BCUT2D eigenvalue weighted by Gasteiger charge is -2.10. The van der Waals surface area contributed by atoms with Gasteiger partial charge >= 0.3 is 0 Å². The van der Waals surface area contributed by atoms with Crippen molar-refractivity contribution in [3.63, 3.8) is 0 Å². The molecule has 0 aromatic carbocycles. The molecule has 0 fully saturated rings. The van der Waals surface area contributed by atoms with Gasteiger partial charge in [0.2, 0.25) is 0 Å². The smallest absolute Gasteiger partial charge is 0.0414 e. The molecule has 0 N–H and O–H groups in total. The van der Waals surface area contributed by atoms with Gasteiger partial charge in [-0.1, -0.05) is 33.7 Å². The molecule has 3 heterocycles. The predicted molar refractivity (Wildman–Crippen MR) is 79.8 cm³/mol. The van der Waals surface area contributed by atoms with Crippen LogP contribution in [-0.2, 0) is 0 Å². The van der Waals surface area contributed by atoms with Crippen LogP contribution in [0.1, 0.15) is 9.75 Å². The Morgan fingerprint density at radius 2 is 1.19 bits per heavy atom. The van der Waals surface area contributed by atoms with E-state index < -0.39 is 0 Å². The summed E-state index contributed by atoms with van der Waals surface area (Å²) in [7, 11) is 3.71. The molecule has 16 heavy (non-hydrogen) atoms. The summed E-state index contributed by atoms with van der Waals surface area (Å²) < 4.78 is 0. The van der Waals surface area contributed by atoms with Crippen LogP contribution in [0, 0.1) is 0 Å². The van der Waals surface area contributed by atoms with Gasteiger partial charge in [0.05, 0.1) is 0 Å². The molecule has 0 saturated heterocycles. The van der Waals surface area contributed by atoms with Crippen LogP contribution in [0.3, 0.4) is 0 Å². The summed E-state index contributed by atoms with van der Waals surface area (Å²) in [5.74, 6) is 0. The van der Waals surface area contributed by atoms with E-state index in [1.807, 2.05) is 21.6 Å². The molecule has 0 atom stereocenters. The van der Waals surface area contributed by atoms with Crippen LogP contribution in [0.5, 0.6) is 0 Å². The quantitative estimate of drug-likeness (QED) is 0.658. The molecular formula is C12H8S4. The van der Waals surface area contributed by atoms with Gasteiger partial charge in [0.25, 0.3) is 0 Å². The lowest BCUT2D eigenvalue weighted by atomic mass is 10.3. The highest BCUT2D eigenvalue weighted by Gasteiger charge is 2.12. The second-order valence-electron chi connectivity index (χ2n) is 3.18. The first-order valence-electron chi connectivity index (χ1n) is 4.78. The van der Waals surface area contributed by atoms with Gasteiger partial charge in [-0.3, -0.25) is 0 Å². The molecule has 80 valence electrons. The lowest BCUT2D eigenvalue weighted by molar-refractivity contribution is 1.90. The Morgan fingerprint density at radius 1 is 0.688 bits per heavy atom. The summed E-state index contributed by atoms with van der Waals surface area (Å²) in [5, 5.41) is 4.25. The van der Waals surface area contributed by atoms with Gasteiger partial charge in [0.1, 0.15) is 0 Å². The van der Waals surface area contributed by atoms with Crippen molar-refractivity contribution in [3.05, 3.63) is 56.9 Å². The molecule has 2 aromatic rings. The summed E-state index contributed by atoms with van der Waals surface area (Å²) >= 11 is 3.60. The minimum atomic E-state index is 1.36. The van der Waals surface area contributed by atoms with Crippen LogP contribution in [0.4, 0.5) is 0 Å². The second kappa shape index (κ2) is 4.84. The molecule has 1 aliphatic heterocycles. The third kappa shape index (κ3) is 2.15. The minimum Gasteiger partial charge on any atom is -0.143 e. The molecule has 0 bridgehead atoms. The Labute approximate surface area is 110 Å². The first-order chi connectivity index (χ1) is 7.93. The molecule has 0 unspecified atom stereocenters. The highest BCUT2D eigenvalue weighted by atomic mass is 33.1. The van der Waals surface area contributed by atoms with Crippen LogP contribution in [0.25, 0.3) is 9.81 Å². The van der Waals surface area contributed by atoms with E-state index in [0.717, 1.165) is 0 Å². The number of hydrogen-bond donors (Lipinski definition) is 0. The molecular weight excluding hydrogens is 272 g/mol. The number of hydrogen-bond acceptors (Lipinski definition) is 4. The van der Waals surface area contributed by atoms with Crippen LogP contribution >= 0.6 is 44.3 Å². The van der Waals surface area contributed by atoms with E-state index in [9.17, 15) is 0 Å².